The van der Waals surface area contributed by atoms with Crippen LogP contribution in [0.25, 0.3) is 11.3 Å². The van der Waals surface area contributed by atoms with E-state index in [4.69, 9.17) is 16.3 Å². The van der Waals surface area contributed by atoms with Crippen LogP contribution in [-0.4, -0.2) is 24.0 Å². The van der Waals surface area contributed by atoms with Gasteiger partial charge >= 0.3 is 5.97 Å². The van der Waals surface area contributed by atoms with E-state index >= 15 is 0 Å². The minimum Gasteiger partial charge on any atom is -0.469 e. The molecule has 3 aromatic rings. The van der Waals surface area contributed by atoms with E-state index in [1.54, 1.807) is 0 Å². The Morgan fingerprint density at radius 2 is 1.83 bits per heavy atom. The van der Waals surface area contributed by atoms with E-state index in [1.165, 1.54) is 18.4 Å². The lowest BCUT2D eigenvalue weighted by atomic mass is 10.1. The van der Waals surface area contributed by atoms with Gasteiger partial charge in [-0.15, -0.1) is 11.3 Å². The number of hydrogen-bond donors (Lipinski definition) is 1. The van der Waals surface area contributed by atoms with Crippen LogP contribution in [0, 0.1) is 0 Å². The van der Waals surface area contributed by atoms with E-state index < -0.39 is 0 Å². The van der Waals surface area contributed by atoms with Gasteiger partial charge in [-0.3, -0.25) is 9.59 Å². The molecule has 150 valence electrons. The van der Waals surface area contributed by atoms with E-state index in [-0.39, 0.29) is 18.3 Å². The first-order valence-corrected chi connectivity index (χ1v) is 10.4. The molecule has 0 spiro atoms. The topological polar surface area (TPSA) is 68.3 Å². The summed E-state index contributed by atoms with van der Waals surface area (Å²) in [6.07, 6.45) is 2.02. The first kappa shape index (κ1) is 21.0. The number of ether oxygens (including phenoxy) is 1. The Labute approximate surface area is 178 Å². The molecule has 0 fully saturated rings. The predicted molar refractivity (Wildman–Crippen MR) is 116 cm³/mol. The van der Waals surface area contributed by atoms with Crippen molar-refractivity contribution in [3.63, 3.8) is 0 Å². The third kappa shape index (κ3) is 6.14. The Morgan fingerprint density at radius 3 is 2.52 bits per heavy atom. The number of halogens is 1. The number of thiazole rings is 1. The van der Waals surface area contributed by atoms with Gasteiger partial charge in [-0.1, -0.05) is 54.1 Å². The highest BCUT2D eigenvalue weighted by Gasteiger charge is 2.17. The largest absolute Gasteiger partial charge is 0.469 e. The molecule has 0 aliphatic carbocycles. The second kappa shape index (κ2) is 10.2. The van der Waals surface area contributed by atoms with E-state index in [9.17, 15) is 9.59 Å². The van der Waals surface area contributed by atoms with Gasteiger partial charge in [-0.05, 0) is 30.5 Å². The molecule has 2 aromatic carbocycles. The normalized spacial score (nSPS) is 10.6. The third-order valence-corrected chi connectivity index (χ3v) is 5.53. The summed E-state index contributed by atoms with van der Waals surface area (Å²) in [5, 5.41) is 4.04. The Hall–Kier alpha value is -2.70. The molecule has 1 heterocycles. The number of aryl methyl sites for hydroxylation is 1. The zero-order valence-electron chi connectivity index (χ0n) is 16.0. The molecule has 0 radical (unpaired) electrons. The third-order valence-electron chi connectivity index (χ3n) is 4.31. The van der Waals surface area contributed by atoms with Crippen molar-refractivity contribution in [2.45, 2.75) is 25.7 Å². The summed E-state index contributed by atoms with van der Waals surface area (Å²) in [6.45, 7) is 0. The number of nitrogens with zero attached hydrogens (tertiary/aromatic N) is 1. The molecule has 0 aliphatic rings. The van der Waals surface area contributed by atoms with Crippen molar-refractivity contribution in [1.29, 1.82) is 0 Å². The summed E-state index contributed by atoms with van der Waals surface area (Å²) in [7, 11) is 1.36. The van der Waals surface area contributed by atoms with E-state index in [1.807, 2.05) is 54.6 Å². The Morgan fingerprint density at radius 1 is 1.10 bits per heavy atom. The van der Waals surface area contributed by atoms with Crippen LogP contribution in [0.2, 0.25) is 5.02 Å². The van der Waals surface area contributed by atoms with Crippen LogP contribution >= 0.6 is 22.9 Å². The number of methoxy groups -OCH3 is 1. The number of carbonyl (C=O) groups is 2. The van der Waals surface area contributed by atoms with Crippen molar-refractivity contribution in [3.8, 4) is 11.3 Å². The van der Waals surface area contributed by atoms with Gasteiger partial charge in [0.25, 0.3) is 0 Å². The highest BCUT2D eigenvalue weighted by Crippen LogP contribution is 2.32. The van der Waals surface area contributed by atoms with Crippen molar-refractivity contribution >= 4 is 39.9 Å². The molecule has 1 N–H and O–H groups in total. The van der Waals surface area contributed by atoms with Crippen molar-refractivity contribution in [2.24, 2.45) is 0 Å². The molecule has 0 aliphatic heterocycles. The van der Waals surface area contributed by atoms with Gasteiger partial charge in [-0.2, -0.15) is 0 Å². The smallest absolute Gasteiger partial charge is 0.310 e. The average Bonchev–Trinajstić information content (AvgIpc) is 3.12. The summed E-state index contributed by atoms with van der Waals surface area (Å²) in [5.74, 6) is -0.441. The number of benzene rings is 2. The number of carbonyl (C=O) groups excluding carboxylic acids is 2. The van der Waals surface area contributed by atoms with E-state index in [0.29, 0.717) is 22.3 Å². The second-order valence-electron chi connectivity index (χ2n) is 6.44. The monoisotopic (exact) mass is 428 g/mol. The minimum atomic E-state index is -0.341. The summed E-state index contributed by atoms with van der Waals surface area (Å²) in [4.78, 5) is 29.4. The molecular formula is C22H21ClN2O3S. The molecule has 0 atom stereocenters. The number of amides is 1. The van der Waals surface area contributed by atoms with Gasteiger partial charge in [0.1, 0.15) is 0 Å². The maximum atomic E-state index is 12.3. The Balaban J connectivity index is 1.64. The molecule has 5 nitrogen and oxygen atoms in total. The lowest BCUT2D eigenvalue weighted by Gasteiger charge is -2.03. The summed E-state index contributed by atoms with van der Waals surface area (Å²) < 4.78 is 4.78. The molecule has 29 heavy (non-hydrogen) atoms. The van der Waals surface area contributed by atoms with Crippen LogP contribution in [0.1, 0.15) is 23.3 Å². The first-order valence-electron chi connectivity index (χ1n) is 9.21. The number of anilines is 1. The number of nitrogens with one attached hydrogen (secondary N) is 1. The fourth-order valence-corrected chi connectivity index (χ4v) is 3.95. The molecule has 0 bridgehead atoms. The van der Waals surface area contributed by atoms with Crippen LogP contribution in [0.5, 0.6) is 0 Å². The average molecular weight is 429 g/mol. The molecule has 0 saturated heterocycles. The molecule has 0 saturated carbocycles. The SMILES string of the molecule is COC(=O)Cc1sc(NC(=O)CCCc2ccc(Cl)cc2)nc1-c1ccccc1. The highest BCUT2D eigenvalue weighted by atomic mass is 35.5. The van der Waals surface area contributed by atoms with Gasteiger partial charge in [0.15, 0.2) is 5.13 Å². The predicted octanol–water partition coefficient (Wildman–Crippen LogP) is 5.14. The van der Waals surface area contributed by atoms with Gasteiger partial charge < -0.3 is 10.1 Å². The van der Waals surface area contributed by atoms with E-state index in [2.05, 4.69) is 10.3 Å². The molecule has 1 aromatic heterocycles. The van der Waals surface area contributed by atoms with Crippen LogP contribution in [0.3, 0.4) is 0 Å². The van der Waals surface area contributed by atoms with Crippen molar-refractivity contribution < 1.29 is 14.3 Å². The summed E-state index contributed by atoms with van der Waals surface area (Å²) in [6, 6.07) is 17.2. The van der Waals surface area contributed by atoms with Crippen LogP contribution < -0.4 is 5.32 Å². The number of esters is 1. The van der Waals surface area contributed by atoms with E-state index in [0.717, 1.165) is 28.8 Å². The zero-order valence-corrected chi connectivity index (χ0v) is 17.6. The van der Waals surface area contributed by atoms with Crippen LogP contribution in [-0.2, 0) is 27.2 Å². The second-order valence-corrected chi connectivity index (χ2v) is 7.96. The van der Waals surface area contributed by atoms with Crippen LogP contribution in [0.15, 0.2) is 54.6 Å². The Bertz CT molecular complexity index is 971. The molecule has 3 rings (SSSR count). The van der Waals surface area contributed by atoms with Crippen molar-refractivity contribution in [3.05, 3.63) is 70.1 Å². The number of rotatable bonds is 8. The molecule has 0 unspecified atom stereocenters. The van der Waals surface area contributed by atoms with Gasteiger partial charge in [0, 0.05) is 21.9 Å². The maximum Gasteiger partial charge on any atom is 0.310 e. The van der Waals surface area contributed by atoms with Gasteiger partial charge in [0.05, 0.1) is 19.2 Å². The lowest BCUT2D eigenvalue weighted by Crippen LogP contribution is -2.11. The summed E-state index contributed by atoms with van der Waals surface area (Å²) in [5.41, 5.74) is 2.73. The fourth-order valence-electron chi connectivity index (χ4n) is 2.84. The van der Waals surface area contributed by atoms with Crippen molar-refractivity contribution in [1.82, 2.24) is 4.98 Å². The molecule has 7 heteroatoms. The molecular weight excluding hydrogens is 408 g/mol. The maximum absolute atomic E-state index is 12.3. The standard InChI is InChI=1S/C22H21ClN2O3S/c1-28-20(27)14-18-21(16-7-3-2-4-8-16)25-22(29-18)24-19(26)9-5-6-15-10-12-17(23)13-11-15/h2-4,7-8,10-13H,5-6,9,14H2,1H3,(H,24,25,26). The van der Waals surface area contributed by atoms with Crippen LogP contribution in [0.4, 0.5) is 5.13 Å². The molecule has 1 amide bonds. The van der Waals surface area contributed by atoms with Gasteiger partial charge in [0.2, 0.25) is 5.91 Å². The Kier molecular flexibility index (Phi) is 7.38. The van der Waals surface area contributed by atoms with Gasteiger partial charge in [-0.25, -0.2) is 4.98 Å². The zero-order chi connectivity index (χ0) is 20.6. The number of hydrogen-bond acceptors (Lipinski definition) is 5. The van der Waals surface area contributed by atoms with Crippen molar-refractivity contribution in [2.75, 3.05) is 12.4 Å². The highest BCUT2D eigenvalue weighted by molar-refractivity contribution is 7.16. The quantitative estimate of drug-likeness (QED) is 0.504. The first-order chi connectivity index (χ1) is 14.0. The number of aromatic nitrogens is 1. The summed E-state index contributed by atoms with van der Waals surface area (Å²) >= 11 is 7.19. The fraction of sp³-hybridized carbons (Fsp3) is 0.227. The minimum absolute atomic E-state index is 0.100. The lowest BCUT2D eigenvalue weighted by molar-refractivity contribution is -0.139.